The van der Waals surface area contributed by atoms with Gasteiger partial charge in [-0.1, -0.05) is 36.4 Å². The number of benzene rings is 3. The summed E-state index contributed by atoms with van der Waals surface area (Å²) in [6, 6.07) is 21.3. The SMILES string of the molecule is Cc1cccc(NC(=O)COc2ccc(/C=C3\SC(=O)N(CC(=O)Nc4ccccc4)C3=O)cc2Br)c1. The van der Waals surface area contributed by atoms with Crippen LogP contribution in [0.25, 0.3) is 6.08 Å². The van der Waals surface area contributed by atoms with Gasteiger partial charge in [0.15, 0.2) is 6.61 Å². The minimum atomic E-state index is -0.539. The van der Waals surface area contributed by atoms with Crippen LogP contribution in [0.5, 0.6) is 5.75 Å². The van der Waals surface area contributed by atoms with E-state index >= 15 is 0 Å². The van der Waals surface area contributed by atoms with Crippen molar-refractivity contribution >= 4 is 68.1 Å². The zero-order valence-electron chi connectivity index (χ0n) is 19.7. The average molecular weight is 580 g/mol. The van der Waals surface area contributed by atoms with Gasteiger partial charge in [-0.15, -0.1) is 0 Å². The summed E-state index contributed by atoms with van der Waals surface area (Å²) in [6.45, 7) is 1.38. The Hall–Kier alpha value is -3.89. The zero-order valence-corrected chi connectivity index (χ0v) is 22.1. The van der Waals surface area contributed by atoms with Crippen LogP contribution in [0.15, 0.2) is 82.2 Å². The van der Waals surface area contributed by atoms with E-state index < -0.39 is 17.1 Å². The molecule has 10 heteroatoms. The summed E-state index contributed by atoms with van der Waals surface area (Å²) in [5.41, 5.74) is 2.94. The Morgan fingerprint density at radius 2 is 1.68 bits per heavy atom. The fraction of sp³-hybridized carbons (Fsp3) is 0.111. The molecule has 4 rings (SSSR count). The number of nitrogens with zero attached hydrogens (tertiary/aromatic N) is 1. The summed E-state index contributed by atoms with van der Waals surface area (Å²) in [6.07, 6.45) is 1.57. The molecule has 0 aromatic heterocycles. The average Bonchev–Trinajstić information content (AvgIpc) is 3.11. The molecule has 37 heavy (non-hydrogen) atoms. The van der Waals surface area contributed by atoms with E-state index in [0.717, 1.165) is 22.2 Å². The topological polar surface area (TPSA) is 105 Å². The van der Waals surface area contributed by atoms with Crippen LogP contribution < -0.4 is 15.4 Å². The molecule has 4 amide bonds. The maximum atomic E-state index is 12.8. The molecule has 1 aliphatic rings. The van der Waals surface area contributed by atoms with Gasteiger partial charge >= 0.3 is 0 Å². The van der Waals surface area contributed by atoms with Gasteiger partial charge in [0.2, 0.25) is 5.91 Å². The number of carbonyl (C=O) groups is 4. The molecular formula is C27H22BrN3O5S. The number of hydrogen-bond donors (Lipinski definition) is 2. The van der Waals surface area contributed by atoms with E-state index in [0.29, 0.717) is 27.2 Å². The van der Waals surface area contributed by atoms with Crippen molar-refractivity contribution in [3.63, 3.8) is 0 Å². The minimum absolute atomic E-state index is 0.185. The van der Waals surface area contributed by atoms with E-state index in [2.05, 4.69) is 26.6 Å². The first-order chi connectivity index (χ1) is 17.8. The second-order valence-electron chi connectivity index (χ2n) is 8.08. The molecule has 1 heterocycles. The van der Waals surface area contributed by atoms with Crippen LogP contribution in [-0.2, 0) is 14.4 Å². The van der Waals surface area contributed by atoms with Crippen LogP contribution in [0.4, 0.5) is 16.2 Å². The van der Waals surface area contributed by atoms with Crippen LogP contribution >= 0.6 is 27.7 Å². The molecule has 1 fully saturated rings. The Labute approximate surface area is 226 Å². The largest absolute Gasteiger partial charge is 0.483 e. The number of aryl methyl sites for hydroxylation is 1. The fourth-order valence-corrected chi connectivity index (χ4v) is 4.79. The predicted molar refractivity (Wildman–Crippen MR) is 147 cm³/mol. The van der Waals surface area contributed by atoms with Gasteiger partial charge < -0.3 is 15.4 Å². The number of carbonyl (C=O) groups excluding carboxylic acids is 4. The predicted octanol–water partition coefficient (Wildman–Crippen LogP) is 5.45. The van der Waals surface area contributed by atoms with Gasteiger partial charge in [-0.3, -0.25) is 24.1 Å². The Morgan fingerprint density at radius 1 is 0.946 bits per heavy atom. The quantitative estimate of drug-likeness (QED) is 0.344. The Kier molecular flexibility index (Phi) is 8.42. The van der Waals surface area contributed by atoms with Gasteiger partial charge in [-0.05, 0) is 88.2 Å². The van der Waals surface area contributed by atoms with Gasteiger partial charge in [0.1, 0.15) is 12.3 Å². The van der Waals surface area contributed by atoms with Crippen molar-refractivity contribution in [1.82, 2.24) is 4.90 Å². The van der Waals surface area contributed by atoms with Crippen molar-refractivity contribution in [2.75, 3.05) is 23.8 Å². The molecule has 0 aliphatic carbocycles. The first-order valence-electron chi connectivity index (χ1n) is 11.2. The zero-order chi connectivity index (χ0) is 26.4. The number of para-hydroxylation sites is 1. The van der Waals surface area contributed by atoms with Crippen LogP contribution in [-0.4, -0.2) is 41.0 Å². The monoisotopic (exact) mass is 579 g/mol. The molecule has 2 N–H and O–H groups in total. The molecular weight excluding hydrogens is 558 g/mol. The third-order valence-electron chi connectivity index (χ3n) is 5.15. The fourth-order valence-electron chi connectivity index (χ4n) is 3.44. The highest BCUT2D eigenvalue weighted by molar-refractivity contribution is 9.10. The van der Waals surface area contributed by atoms with Crippen LogP contribution in [0.3, 0.4) is 0 Å². The van der Waals surface area contributed by atoms with E-state index in [1.165, 1.54) is 0 Å². The number of ether oxygens (including phenoxy) is 1. The van der Waals surface area contributed by atoms with E-state index in [-0.39, 0.29) is 24.0 Å². The van der Waals surface area contributed by atoms with Gasteiger partial charge in [0, 0.05) is 11.4 Å². The van der Waals surface area contributed by atoms with Crippen molar-refractivity contribution < 1.29 is 23.9 Å². The standard InChI is InChI=1S/C27H22BrN3O5S/c1-17-6-5-9-20(12-17)30-25(33)16-36-22-11-10-18(13-21(22)28)14-23-26(34)31(27(35)37-23)15-24(32)29-19-7-3-2-4-8-19/h2-14H,15-16H2,1H3,(H,29,32)(H,30,33)/b23-14-. The second-order valence-corrected chi connectivity index (χ2v) is 9.93. The molecule has 3 aromatic rings. The van der Waals surface area contributed by atoms with Gasteiger partial charge in [-0.25, -0.2) is 0 Å². The van der Waals surface area contributed by atoms with E-state index in [9.17, 15) is 19.2 Å². The number of rotatable bonds is 8. The van der Waals surface area contributed by atoms with E-state index in [1.54, 1.807) is 54.6 Å². The number of nitrogens with one attached hydrogen (secondary N) is 2. The molecule has 0 radical (unpaired) electrons. The summed E-state index contributed by atoms with van der Waals surface area (Å²) >= 11 is 4.19. The summed E-state index contributed by atoms with van der Waals surface area (Å²) < 4.78 is 6.19. The number of thioether (sulfide) groups is 1. The highest BCUT2D eigenvalue weighted by Gasteiger charge is 2.36. The molecule has 0 spiro atoms. The lowest BCUT2D eigenvalue weighted by molar-refractivity contribution is -0.127. The van der Waals surface area contributed by atoms with Gasteiger partial charge in [0.25, 0.3) is 17.1 Å². The molecule has 8 nitrogen and oxygen atoms in total. The van der Waals surface area contributed by atoms with E-state index in [1.807, 2.05) is 31.2 Å². The van der Waals surface area contributed by atoms with Crippen molar-refractivity contribution in [2.24, 2.45) is 0 Å². The summed E-state index contributed by atoms with van der Waals surface area (Å²) in [7, 11) is 0. The molecule has 0 bridgehead atoms. The molecule has 1 aliphatic heterocycles. The highest BCUT2D eigenvalue weighted by Crippen LogP contribution is 2.34. The van der Waals surface area contributed by atoms with Crippen LogP contribution in [0, 0.1) is 6.92 Å². The normalized spacial score (nSPS) is 14.1. The molecule has 0 atom stereocenters. The minimum Gasteiger partial charge on any atom is -0.483 e. The number of anilines is 2. The molecule has 188 valence electrons. The number of amides is 4. The molecule has 0 unspecified atom stereocenters. The lowest BCUT2D eigenvalue weighted by Crippen LogP contribution is -2.36. The van der Waals surface area contributed by atoms with Crippen molar-refractivity contribution in [3.05, 3.63) is 93.3 Å². The Bertz CT molecular complexity index is 1390. The Balaban J connectivity index is 1.35. The number of halogens is 1. The summed E-state index contributed by atoms with van der Waals surface area (Å²) in [5, 5.41) is 4.92. The van der Waals surface area contributed by atoms with Gasteiger partial charge in [-0.2, -0.15) is 0 Å². The first-order valence-corrected chi connectivity index (χ1v) is 12.8. The van der Waals surface area contributed by atoms with E-state index in [4.69, 9.17) is 4.74 Å². The first kappa shape index (κ1) is 26.2. The van der Waals surface area contributed by atoms with Crippen molar-refractivity contribution in [1.29, 1.82) is 0 Å². The third kappa shape index (κ3) is 7.08. The summed E-state index contributed by atoms with van der Waals surface area (Å²) in [5.74, 6) is -0.860. The van der Waals surface area contributed by atoms with Gasteiger partial charge in [0.05, 0.1) is 9.38 Å². The van der Waals surface area contributed by atoms with Crippen molar-refractivity contribution in [2.45, 2.75) is 6.92 Å². The highest BCUT2D eigenvalue weighted by atomic mass is 79.9. The summed E-state index contributed by atoms with van der Waals surface area (Å²) in [4.78, 5) is 50.8. The smallest absolute Gasteiger partial charge is 0.294 e. The number of imide groups is 1. The molecule has 0 saturated carbocycles. The lowest BCUT2D eigenvalue weighted by Gasteiger charge is -2.12. The number of hydrogen-bond acceptors (Lipinski definition) is 6. The van der Waals surface area contributed by atoms with Crippen LogP contribution in [0.2, 0.25) is 0 Å². The molecule has 3 aromatic carbocycles. The third-order valence-corrected chi connectivity index (χ3v) is 6.67. The lowest BCUT2D eigenvalue weighted by atomic mass is 10.2. The Morgan fingerprint density at radius 3 is 2.41 bits per heavy atom. The maximum absolute atomic E-state index is 12.8. The molecule has 1 saturated heterocycles. The van der Waals surface area contributed by atoms with Crippen LogP contribution in [0.1, 0.15) is 11.1 Å². The second kappa shape index (κ2) is 11.9. The maximum Gasteiger partial charge on any atom is 0.294 e. The van der Waals surface area contributed by atoms with Crippen molar-refractivity contribution in [3.8, 4) is 5.75 Å².